The maximum atomic E-state index is 12.1. The van der Waals surface area contributed by atoms with E-state index >= 15 is 0 Å². The van der Waals surface area contributed by atoms with Crippen LogP contribution in [0.5, 0.6) is 0 Å². The zero-order valence-electron chi connectivity index (χ0n) is 12.6. The van der Waals surface area contributed by atoms with Crippen LogP contribution in [0.3, 0.4) is 0 Å². The molecular weight excluding hydrogens is 284 g/mol. The second-order valence-electron chi connectivity index (χ2n) is 5.45. The van der Waals surface area contributed by atoms with Gasteiger partial charge in [0.2, 0.25) is 5.91 Å². The number of carbonyl (C=O) groups is 1. The van der Waals surface area contributed by atoms with Gasteiger partial charge in [-0.25, -0.2) is 0 Å². The summed E-state index contributed by atoms with van der Waals surface area (Å²) >= 11 is 0. The third-order valence-corrected chi connectivity index (χ3v) is 3.72. The Kier molecular flexibility index (Phi) is 4.35. The molecule has 3 aromatic carbocycles. The van der Waals surface area contributed by atoms with E-state index in [2.05, 4.69) is 17.5 Å². The van der Waals surface area contributed by atoms with Crippen LogP contribution in [0, 0.1) is 11.3 Å². The summed E-state index contributed by atoms with van der Waals surface area (Å²) in [5, 5.41) is 14.1. The fourth-order valence-corrected chi connectivity index (χ4v) is 2.55. The number of hydrogen-bond acceptors (Lipinski definition) is 2. The summed E-state index contributed by atoms with van der Waals surface area (Å²) in [6, 6.07) is 23.5. The first-order valence-corrected chi connectivity index (χ1v) is 7.48. The van der Waals surface area contributed by atoms with E-state index < -0.39 is 0 Å². The van der Waals surface area contributed by atoms with Gasteiger partial charge in [-0.3, -0.25) is 4.79 Å². The summed E-state index contributed by atoms with van der Waals surface area (Å²) in [5.74, 6) is -0.0253. The molecule has 0 aliphatic carbocycles. The number of fused-ring (bicyclic) bond motifs is 1. The lowest BCUT2D eigenvalue weighted by Crippen LogP contribution is -2.24. The Morgan fingerprint density at radius 2 is 1.74 bits per heavy atom. The molecule has 23 heavy (non-hydrogen) atoms. The van der Waals surface area contributed by atoms with Crippen LogP contribution in [0.2, 0.25) is 0 Å². The third kappa shape index (κ3) is 3.75. The van der Waals surface area contributed by atoms with Crippen molar-refractivity contribution in [2.45, 2.75) is 13.0 Å². The summed E-state index contributed by atoms with van der Waals surface area (Å²) in [5.41, 5.74) is 2.52. The van der Waals surface area contributed by atoms with Gasteiger partial charge >= 0.3 is 0 Å². The highest BCUT2D eigenvalue weighted by Crippen LogP contribution is 2.16. The van der Waals surface area contributed by atoms with Crippen molar-refractivity contribution in [3.63, 3.8) is 0 Å². The van der Waals surface area contributed by atoms with Gasteiger partial charge in [0.05, 0.1) is 18.1 Å². The van der Waals surface area contributed by atoms with Gasteiger partial charge in [0.15, 0.2) is 0 Å². The van der Waals surface area contributed by atoms with Crippen LogP contribution in [-0.2, 0) is 17.8 Å². The minimum absolute atomic E-state index is 0.0253. The second kappa shape index (κ2) is 6.76. The zero-order chi connectivity index (χ0) is 16.1. The van der Waals surface area contributed by atoms with E-state index in [0.29, 0.717) is 18.5 Å². The average Bonchev–Trinajstić information content (AvgIpc) is 2.60. The number of nitriles is 1. The molecule has 0 fully saturated rings. The molecule has 0 heterocycles. The van der Waals surface area contributed by atoms with Crippen molar-refractivity contribution < 1.29 is 4.79 Å². The van der Waals surface area contributed by atoms with Crippen molar-refractivity contribution in [3.05, 3.63) is 83.4 Å². The standard InChI is InChI=1S/C20H16N2O/c21-13-16-4-3-5-17(10-16)14-22-20(23)12-15-8-9-18-6-1-2-7-19(18)11-15/h1-11H,12,14H2,(H,22,23). The van der Waals surface area contributed by atoms with Crippen molar-refractivity contribution in [1.82, 2.24) is 5.32 Å². The highest BCUT2D eigenvalue weighted by Gasteiger charge is 2.05. The maximum absolute atomic E-state index is 12.1. The Bertz CT molecular complexity index is 893. The largest absolute Gasteiger partial charge is 0.352 e. The lowest BCUT2D eigenvalue weighted by molar-refractivity contribution is -0.120. The van der Waals surface area contributed by atoms with E-state index in [1.165, 1.54) is 5.39 Å². The maximum Gasteiger partial charge on any atom is 0.224 e. The van der Waals surface area contributed by atoms with Crippen molar-refractivity contribution in [1.29, 1.82) is 5.26 Å². The van der Waals surface area contributed by atoms with Crippen LogP contribution < -0.4 is 5.32 Å². The molecule has 0 aliphatic rings. The lowest BCUT2D eigenvalue weighted by Gasteiger charge is -2.07. The topological polar surface area (TPSA) is 52.9 Å². The molecular formula is C20H16N2O. The lowest BCUT2D eigenvalue weighted by atomic mass is 10.0. The van der Waals surface area contributed by atoms with Crippen molar-refractivity contribution in [2.24, 2.45) is 0 Å². The molecule has 0 bridgehead atoms. The number of amides is 1. The smallest absolute Gasteiger partial charge is 0.224 e. The van der Waals surface area contributed by atoms with Crippen molar-refractivity contribution in [3.8, 4) is 6.07 Å². The van der Waals surface area contributed by atoms with Crippen LogP contribution in [0.4, 0.5) is 0 Å². The van der Waals surface area contributed by atoms with E-state index in [9.17, 15) is 4.79 Å². The van der Waals surface area contributed by atoms with Crippen LogP contribution in [0.25, 0.3) is 10.8 Å². The molecule has 112 valence electrons. The Morgan fingerprint density at radius 3 is 2.57 bits per heavy atom. The first kappa shape index (κ1) is 14.8. The molecule has 0 aliphatic heterocycles. The first-order chi connectivity index (χ1) is 11.2. The van der Waals surface area contributed by atoms with Crippen LogP contribution in [-0.4, -0.2) is 5.91 Å². The van der Waals surface area contributed by atoms with Gasteiger partial charge < -0.3 is 5.32 Å². The van der Waals surface area contributed by atoms with E-state index in [4.69, 9.17) is 5.26 Å². The second-order valence-corrected chi connectivity index (χ2v) is 5.45. The fraction of sp³-hybridized carbons (Fsp3) is 0.100. The van der Waals surface area contributed by atoms with Gasteiger partial charge in [0, 0.05) is 6.54 Å². The number of nitrogens with one attached hydrogen (secondary N) is 1. The Hall–Kier alpha value is -3.12. The number of hydrogen-bond donors (Lipinski definition) is 1. The number of carbonyl (C=O) groups excluding carboxylic acids is 1. The first-order valence-electron chi connectivity index (χ1n) is 7.48. The van der Waals surface area contributed by atoms with Gasteiger partial charge in [0.25, 0.3) is 0 Å². The summed E-state index contributed by atoms with van der Waals surface area (Å²) in [6.07, 6.45) is 0.350. The zero-order valence-corrected chi connectivity index (χ0v) is 12.6. The highest BCUT2D eigenvalue weighted by atomic mass is 16.1. The van der Waals surface area contributed by atoms with E-state index in [-0.39, 0.29) is 5.91 Å². The molecule has 0 saturated heterocycles. The minimum Gasteiger partial charge on any atom is -0.352 e. The normalized spacial score (nSPS) is 10.2. The minimum atomic E-state index is -0.0253. The molecule has 0 spiro atoms. The molecule has 3 heteroatoms. The van der Waals surface area contributed by atoms with E-state index in [1.54, 1.807) is 12.1 Å². The molecule has 0 atom stereocenters. The molecule has 0 aromatic heterocycles. The SMILES string of the molecule is N#Cc1cccc(CNC(=O)Cc2ccc3ccccc3c2)c1. The predicted octanol–water partition coefficient (Wildman–Crippen LogP) is 3.57. The van der Waals surface area contributed by atoms with Crippen LogP contribution in [0.15, 0.2) is 66.7 Å². The third-order valence-electron chi connectivity index (χ3n) is 3.72. The molecule has 3 aromatic rings. The van der Waals surface area contributed by atoms with Crippen LogP contribution in [0.1, 0.15) is 16.7 Å². The summed E-state index contributed by atoms with van der Waals surface area (Å²) < 4.78 is 0. The monoisotopic (exact) mass is 300 g/mol. The van der Waals surface area contributed by atoms with Gasteiger partial charge in [-0.1, -0.05) is 54.6 Å². The Balaban J connectivity index is 1.63. The summed E-state index contributed by atoms with van der Waals surface area (Å²) in [6.45, 7) is 0.432. The van der Waals surface area contributed by atoms with Gasteiger partial charge in [-0.15, -0.1) is 0 Å². The number of rotatable bonds is 4. The molecule has 0 radical (unpaired) electrons. The Morgan fingerprint density at radius 1 is 0.913 bits per heavy atom. The molecule has 0 unspecified atom stereocenters. The molecule has 3 rings (SSSR count). The van der Waals surface area contributed by atoms with Gasteiger partial charge in [-0.05, 0) is 34.0 Å². The van der Waals surface area contributed by atoms with Gasteiger partial charge in [0.1, 0.15) is 0 Å². The average molecular weight is 300 g/mol. The summed E-state index contributed by atoms with van der Waals surface area (Å²) in [7, 11) is 0. The molecule has 0 saturated carbocycles. The van der Waals surface area contributed by atoms with Crippen molar-refractivity contribution >= 4 is 16.7 Å². The Labute approximate surface area is 135 Å². The fourth-order valence-electron chi connectivity index (χ4n) is 2.55. The van der Waals surface area contributed by atoms with Crippen molar-refractivity contribution in [2.75, 3.05) is 0 Å². The highest BCUT2D eigenvalue weighted by molar-refractivity contribution is 5.85. The van der Waals surface area contributed by atoms with Gasteiger partial charge in [-0.2, -0.15) is 5.26 Å². The van der Waals surface area contributed by atoms with E-state index in [0.717, 1.165) is 16.5 Å². The number of nitrogens with zero attached hydrogens (tertiary/aromatic N) is 1. The molecule has 1 N–H and O–H groups in total. The molecule has 1 amide bonds. The quantitative estimate of drug-likeness (QED) is 0.801. The van der Waals surface area contributed by atoms with Crippen LogP contribution >= 0.6 is 0 Å². The predicted molar refractivity (Wildman–Crippen MR) is 90.7 cm³/mol. The molecule has 3 nitrogen and oxygen atoms in total. The number of benzene rings is 3. The summed E-state index contributed by atoms with van der Waals surface area (Å²) in [4.78, 5) is 12.1. The van der Waals surface area contributed by atoms with E-state index in [1.807, 2.05) is 48.5 Å².